The number of aromatic nitrogens is 1. The molecule has 4 heteroatoms. The van der Waals surface area contributed by atoms with Crippen LogP contribution in [0.4, 0.5) is 4.39 Å². The summed E-state index contributed by atoms with van der Waals surface area (Å²) < 4.78 is 13.5. The summed E-state index contributed by atoms with van der Waals surface area (Å²) in [5.41, 5.74) is 8.32. The molecule has 0 aromatic carbocycles. The third-order valence-electron chi connectivity index (χ3n) is 4.13. The van der Waals surface area contributed by atoms with E-state index in [0.717, 1.165) is 42.9 Å². The van der Waals surface area contributed by atoms with Crippen LogP contribution in [0.5, 0.6) is 0 Å². The Morgan fingerprint density at radius 3 is 2.65 bits per heavy atom. The highest BCUT2D eigenvalue weighted by molar-refractivity contribution is 5.58. The van der Waals surface area contributed by atoms with Crippen molar-refractivity contribution in [2.75, 3.05) is 13.1 Å². The number of alkyl halides is 1. The first kappa shape index (κ1) is 19.6. The summed E-state index contributed by atoms with van der Waals surface area (Å²) in [6.45, 7) is 12.7. The van der Waals surface area contributed by atoms with E-state index >= 15 is 0 Å². The van der Waals surface area contributed by atoms with Crippen LogP contribution in [0.1, 0.15) is 57.0 Å². The van der Waals surface area contributed by atoms with E-state index in [4.69, 9.17) is 5.73 Å². The largest absolute Gasteiger partial charge is 0.384 e. The minimum atomic E-state index is -1.17. The smallest absolute Gasteiger partial charge is 0.107 e. The van der Waals surface area contributed by atoms with Crippen molar-refractivity contribution in [3.05, 3.63) is 35.7 Å². The molecule has 0 aliphatic carbocycles. The maximum atomic E-state index is 13.5. The molecule has 0 bridgehead atoms. The molecule has 0 aliphatic rings. The Labute approximate surface area is 140 Å². The zero-order valence-electron chi connectivity index (χ0n) is 15.1. The van der Waals surface area contributed by atoms with Crippen molar-refractivity contribution in [2.24, 2.45) is 11.7 Å². The number of hydrogen-bond donors (Lipinski definition) is 2. The highest BCUT2D eigenvalue weighted by Gasteiger charge is 2.15. The van der Waals surface area contributed by atoms with Gasteiger partial charge in [0.2, 0.25) is 0 Å². The monoisotopic (exact) mass is 321 g/mol. The van der Waals surface area contributed by atoms with E-state index in [9.17, 15) is 4.39 Å². The topological polar surface area (TPSA) is 50.9 Å². The second kappa shape index (κ2) is 9.02. The second-order valence-corrected chi connectivity index (χ2v) is 7.04. The van der Waals surface area contributed by atoms with Crippen LogP contribution in [0.2, 0.25) is 0 Å². The van der Waals surface area contributed by atoms with Crippen molar-refractivity contribution in [3.63, 3.8) is 0 Å². The fraction of sp³-hybridized carbons (Fsp3) is 0.632. The first-order chi connectivity index (χ1) is 10.7. The van der Waals surface area contributed by atoms with Gasteiger partial charge in [-0.3, -0.25) is 4.98 Å². The highest BCUT2D eigenvalue weighted by Crippen LogP contribution is 2.17. The Bertz CT molecular complexity index is 506. The summed E-state index contributed by atoms with van der Waals surface area (Å²) in [7, 11) is 0. The van der Waals surface area contributed by atoms with Crippen LogP contribution in [0, 0.1) is 12.8 Å². The Morgan fingerprint density at radius 1 is 1.39 bits per heavy atom. The van der Waals surface area contributed by atoms with Gasteiger partial charge in [0, 0.05) is 12.2 Å². The van der Waals surface area contributed by atoms with Gasteiger partial charge in [-0.05, 0) is 70.5 Å². The van der Waals surface area contributed by atoms with Gasteiger partial charge >= 0.3 is 0 Å². The van der Waals surface area contributed by atoms with Gasteiger partial charge in [0.25, 0.3) is 0 Å². The molecule has 3 nitrogen and oxygen atoms in total. The molecule has 1 unspecified atom stereocenters. The molecule has 130 valence electrons. The van der Waals surface area contributed by atoms with Crippen LogP contribution in [0.3, 0.4) is 0 Å². The molecule has 1 atom stereocenters. The van der Waals surface area contributed by atoms with Crippen LogP contribution >= 0.6 is 0 Å². The molecule has 3 N–H and O–H groups in total. The maximum Gasteiger partial charge on any atom is 0.107 e. The summed E-state index contributed by atoms with van der Waals surface area (Å²) >= 11 is 0. The molecule has 1 aromatic heterocycles. The Kier molecular flexibility index (Phi) is 7.69. The van der Waals surface area contributed by atoms with Gasteiger partial charge in [0.05, 0.1) is 11.4 Å². The normalized spacial score (nSPS) is 13.0. The number of aryl methyl sites for hydroxylation is 2. The molecule has 23 heavy (non-hydrogen) atoms. The number of pyridine rings is 1. The van der Waals surface area contributed by atoms with Crippen molar-refractivity contribution in [3.8, 4) is 0 Å². The van der Waals surface area contributed by atoms with Gasteiger partial charge in [0.1, 0.15) is 5.67 Å². The van der Waals surface area contributed by atoms with E-state index in [1.54, 1.807) is 13.8 Å². The summed E-state index contributed by atoms with van der Waals surface area (Å²) in [5.74, 6) is 0.639. The van der Waals surface area contributed by atoms with Gasteiger partial charge in [-0.1, -0.05) is 19.6 Å². The van der Waals surface area contributed by atoms with Crippen molar-refractivity contribution in [1.82, 2.24) is 10.3 Å². The Morgan fingerprint density at radius 2 is 2.09 bits per heavy atom. The average Bonchev–Trinajstić information content (AvgIpc) is 2.44. The standard InChI is InChI=1S/C19H32FN3/c1-14(10-12-21)6-7-17-8-9-18(23-15(17)2)16(3)22-13-11-19(4,5)20/h8-9,14,22H,3,6-7,10-13,21H2,1-2,4-5H3. The molecule has 0 saturated heterocycles. The Hall–Kier alpha value is -1.42. The highest BCUT2D eigenvalue weighted by atomic mass is 19.1. The summed E-state index contributed by atoms with van der Waals surface area (Å²) in [6.07, 6.45) is 3.67. The average molecular weight is 321 g/mol. The Balaban J connectivity index is 2.56. The molecule has 0 fully saturated rings. The SMILES string of the molecule is C=C(NCCC(C)(C)F)c1ccc(CCC(C)CCN)c(C)n1. The van der Waals surface area contributed by atoms with Crippen LogP contribution in [-0.4, -0.2) is 23.7 Å². The lowest BCUT2D eigenvalue weighted by atomic mass is 9.97. The van der Waals surface area contributed by atoms with E-state index < -0.39 is 5.67 Å². The number of nitrogens with one attached hydrogen (secondary N) is 1. The van der Waals surface area contributed by atoms with Gasteiger partial charge in [0.15, 0.2) is 0 Å². The lowest BCUT2D eigenvalue weighted by Gasteiger charge is -2.16. The number of halogens is 1. The molecule has 0 spiro atoms. The van der Waals surface area contributed by atoms with E-state index in [-0.39, 0.29) is 0 Å². The summed E-state index contributed by atoms with van der Waals surface area (Å²) in [6, 6.07) is 4.12. The molecular formula is C19H32FN3. The van der Waals surface area contributed by atoms with E-state index in [0.29, 0.717) is 18.9 Å². The zero-order valence-corrected chi connectivity index (χ0v) is 15.1. The minimum absolute atomic E-state index is 0.447. The summed E-state index contributed by atoms with van der Waals surface area (Å²) in [5, 5.41) is 3.16. The lowest BCUT2D eigenvalue weighted by molar-refractivity contribution is 0.203. The number of nitrogens with zero attached hydrogens (tertiary/aromatic N) is 1. The first-order valence-electron chi connectivity index (χ1n) is 8.51. The van der Waals surface area contributed by atoms with Crippen molar-refractivity contribution in [1.29, 1.82) is 0 Å². The fourth-order valence-corrected chi connectivity index (χ4v) is 2.45. The van der Waals surface area contributed by atoms with E-state index in [1.165, 1.54) is 5.56 Å². The van der Waals surface area contributed by atoms with Crippen molar-refractivity contribution >= 4 is 5.70 Å². The van der Waals surface area contributed by atoms with Gasteiger partial charge in [-0.25, -0.2) is 4.39 Å². The first-order valence-corrected chi connectivity index (χ1v) is 8.51. The second-order valence-electron chi connectivity index (χ2n) is 7.04. The molecule has 1 rings (SSSR count). The summed E-state index contributed by atoms with van der Waals surface area (Å²) in [4.78, 5) is 4.63. The molecule has 0 amide bonds. The van der Waals surface area contributed by atoms with Gasteiger partial charge in [-0.2, -0.15) is 0 Å². The lowest BCUT2D eigenvalue weighted by Crippen LogP contribution is -2.22. The van der Waals surface area contributed by atoms with Crippen LogP contribution in [0.15, 0.2) is 18.7 Å². The quantitative estimate of drug-likeness (QED) is 0.684. The third-order valence-corrected chi connectivity index (χ3v) is 4.13. The number of hydrogen-bond acceptors (Lipinski definition) is 3. The fourth-order valence-electron chi connectivity index (χ4n) is 2.45. The van der Waals surface area contributed by atoms with Crippen LogP contribution in [-0.2, 0) is 6.42 Å². The van der Waals surface area contributed by atoms with Crippen LogP contribution < -0.4 is 11.1 Å². The molecular weight excluding hydrogens is 289 g/mol. The number of nitrogens with two attached hydrogens (primary N) is 1. The molecule has 0 radical (unpaired) electrons. The maximum absolute atomic E-state index is 13.5. The van der Waals surface area contributed by atoms with Crippen molar-refractivity contribution in [2.45, 2.75) is 59.0 Å². The predicted octanol–water partition coefficient (Wildman–Crippen LogP) is 4.01. The third kappa shape index (κ3) is 7.60. The minimum Gasteiger partial charge on any atom is -0.384 e. The van der Waals surface area contributed by atoms with Crippen LogP contribution in [0.25, 0.3) is 5.70 Å². The van der Waals surface area contributed by atoms with Gasteiger partial charge < -0.3 is 11.1 Å². The predicted molar refractivity (Wildman–Crippen MR) is 97.0 cm³/mol. The molecule has 1 aromatic rings. The molecule has 1 heterocycles. The zero-order chi connectivity index (χ0) is 17.5. The van der Waals surface area contributed by atoms with Crippen molar-refractivity contribution < 1.29 is 4.39 Å². The van der Waals surface area contributed by atoms with E-state index in [2.05, 4.69) is 29.9 Å². The molecule has 0 aliphatic heterocycles. The number of rotatable bonds is 10. The molecule has 0 saturated carbocycles. The van der Waals surface area contributed by atoms with Gasteiger partial charge in [-0.15, -0.1) is 0 Å². The van der Waals surface area contributed by atoms with E-state index in [1.807, 2.05) is 13.0 Å².